The molecule has 0 aromatic carbocycles. The number of hydrogen-bond donors (Lipinski definition) is 1. The third-order valence-corrected chi connectivity index (χ3v) is 1.39. The van der Waals surface area contributed by atoms with Gasteiger partial charge in [-0.2, -0.15) is 0 Å². The molecule has 0 unspecified atom stereocenters. The van der Waals surface area contributed by atoms with Gasteiger partial charge >= 0.3 is 0 Å². The normalized spacial score (nSPS) is 9.42. The van der Waals surface area contributed by atoms with E-state index in [1.807, 2.05) is 0 Å². The summed E-state index contributed by atoms with van der Waals surface area (Å²) in [5.74, 6) is 0.204. The van der Waals surface area contributed by atoms with E-state index in [4.69, 9.17) is 11.6 Å². The summed E-state index contributed by atoms with van der Waals surface area (Å²) in [5, 5.41) is 2.60. The van der Waals surface area contributed by atoms with E-state index in [0.717, 1.165) is 0 Å². The average Bonchev–Trinajstić information content (AvgIpc) is 2.15. The predicted molar refractivity (Wildman–Crippen MR) is 45.1 cm³/mol. The fraction of sp³-hybridized carbons (Fsp3) is 0.286. The van der Waals surface area contributed by atoms with Crippen molar-refractivity contribution in [1.29, 1.82) is 0 Å². The van der Waals surface area contributed by atoms with Crippen LogP contribution < -0.4 is 5.32 Å². The quantitative estimate of drug-likeness (QED) is 0.696. The number of aromatic nitrogens is 2. The largest absolute Gasteiger partial charge is 0.351 e. The zero-order valence-corrected chi connectivity index (χ0v) is 7.08. The van der Waals surface area contributed by atoms with Gasteiger partial charge < -0.3 is 5.32 Å². The molecule has 0 aliphatic carbocycles. The Labute approximate surface area is 75.0 Å². The highest BCUT2D eigenvalue weighted by molar-refractivity contribution is 6.18. The summed E-state index contributed by atoms with van der Waals surface area (Å²) in [7, 11) is 0. The van der Waals surface area contributed by atoms with Gasteiger partial charge in [-0.15, -0.1) is 11.6 Å². The van der Waals surface area contributed by atoms with E-state index in [1.54, 1.807) is 0 Å². The van der Waals surface area contributed by atoms with Gasteiger partial charge in [-0.3, -0.25) is 4.79 Å². The van der Waals surface area contributed by atoms with Crippen LogP contribution in [0.25, 0.3) is 0 Å². The lowest BCUT2D eigenvalue weighted by molar-refractivity contribution is 0.0955. The minimum absolute atomic E-state index is 0.198. The van der Waals surface area contributed by atoms with Gasteiger partial charge in [0, 0.05) is 24.8 Å². The molecule has 64 valence electrons. The van der Waals surface area contributed by atoms with Crippen molar-refractivity contribution in [2.45, 2.75) is 0 Å². The van der Waals surface area contributed by atoms with Crippen LogP contribution in [0, 0.1) is 0 Å². The minimum atomic E-state index is -0.198. The fourth-order valence-electron chi connectivity index (χ4n) is 0.679. The third kappa shape index (κ3) is 2.47. The highest BCUT2D eigenvalue weighted by Gasteiger charge is 2.02. The summed E-state index contributed by atoms with van der Waals surface area (Å²) >= 11 is 5.39. The Bertz CT molecular complexity index is 252. The van der Waals surface area contributed by atoms with Crippen molar-refractivity contribution in [1.82, 2.24) is 15.3 Å². The minimum Gasteiger partial charge on any atom is -0.351 e. The van der Waals surface area contributed by atoms with Gasteiger partial charge in [0.25, 0.3) is 5.91 Å². The molecule has 5 heteroatoms. The molecule has 0 spiro atoms. The maximum absolute atomic E-state index is 11.2. The van der Waals surface area contributed by atoms with E-state index in [0.29, 0.717) is 18.0 Å². The van der Waals surface area contributed by atoms with E-state index in [-0.39, 0.29) is 5.91 Å². The van der Waals surface area contributed by atoms with Crippen LogP contribution in [0.4, 0.5) is 0 Å². The van der Waals surface area contributed by atoms with Gasteiger partial charge in [0.05, 0.1) is 5.56 Å². The lowest BCUT2D eigenvalue weighted by atomic mass is 10.3. The van der Waals surface area contributed by atoms with E-state index < -0.39 is 0 Å². The number of nitrogens with zero attached hydrogens (tertiary/aromatic N) is 2. The van der Waals surface area contributed by atoms with Crippen LogP contribution >= 0.6 is 11.6 Å². The zero-order valence-electron chi connectivity index (χ0n) is 6.33. The number of carbonyl (C=O) groups is 1. The van der Waals surface area contributed by atoms with Crippen LogP contribution in [0.1, 0.15) is 10.4 Å². The summed E-state index contributed by atoms with van der Waals surface area (Å²) in [6, 6.07) is 0. The lowest BCUT2D eigenvalue weighted by Gasteiger charge is -2.00. The van der Waals surface area contributed by atoms with E-state index in [9.17, 15) is 4.79 Å². The number of carbonyl (C=O) groups excluding carboxylic acids is 1. The number of hydrogen-bond acceptors (Lipinski definition) is 3. The first-order valence-corrected chi connectivity index (χ1v) is 3.97. The molecule has 1 aromatic rings. The summed E-state index contributed by atoms with van der Waals surface area (Å²) in [4.78, 5) is 18.6. The Balaban J connectivity index is 2.54. The number of rotatable bonds is 3. The summed E-state index contributed by atoms with van der Waals surface area (Å²) in [6.07, 6.45) is 4.28. The zero-order chi connectivity index (χ0) is 8.81. The number of halogens is 1. The summed E-state index contributed by atoms with van der Waals surface area (Å²) < 4.78 is 0. The number of amides is 1. The van der Waals surface area contributed by atoms with Crippen LogP contribution in [-0.2, 0) is 0 Å². The monoisotopic (exact) mass is 185 g/mol. The molecule has 1 amide bonds. The maximum Gasteiger partial charge on any atom is 0.254 e. The molecule has 0 atom stereocenters. The highest BCUT2D eigenvalue weighted by atomic mass is 35.5. The van der Waals surface area contributed by atoms with Crippen molar-refractivity contribution in [3.63, 3.8) is 0 Å². The Hall–Kier alpha value is -1.16. The first kappa shape index (κ1) is 8.93. The van der Waals surface area contributed by atoms with Crippen LogP contribution in [0.3, 0.4) is 0 Å². The van der Waals surface area contributed by atoms with Crippen molar-refractivity contribution in [3.05, 3.63) is 24.3 Å². The molecule has 1 heterocycles. The SMILES string of the molecule is O=C(NCCCl)c1cncnc1. The lowest BCUT2D eigenvalue weighted by Crippen LogP contribution is -2.25. The van der Waals surface area contributed by atoms with Crippen LogP contribution in [0.5, 0.6) is 0 Å². The first-order chi connectivity index (χ1) is 5.84. The molecule has 12 heavy (non-hydrogen) atoms. The Morgan fingerprint density at radius 3 is 2.75 bits per heavy atom. The maximum atomic E-state index is 11.2. The van der Waals surface area contributed by atoms with Crippen molar-refractivity contribution in [2.75, 3.05) is 12.4 Å². The Kier molecular flexibility index (Phi) is 3.47. The van der Waals surface area contributed by atoms with Crippen molar-refractivity contribution >= 4 is 17.5 Å². The van der Waals surface area contributed by atoms with Gasteiger partial charge in [-0.25, -0.2) is 9.97 Å². The van der Waals surface area contributed by atoms with E-state index >= 15 is 0 Å². The molecule has 0 fully saturated rings. The molecule has 0 saturated carbocycles. The molecule has 0 aliphatic rings. The summed E-state index contributed by atoms with van der Waals surface area (Å²) in [6.45, 7) is 0.454. The van der Waals surface area contributed by atoms with Crippen LogP contribution in [0.15, 0.2) is 18.7 Å². The van der Waals surface area contributed by atoms with Crippen LogP contribution in [-0.4, -0.2) is 28.3 Å². The van der Waals surface area contributed by atoms with Crippen molar-refractivity contribution in [2.24, 2.45) is 0 Å². The van der Waals surface area contributed by atoms with Gasteiger partial charge in [0.2, 0.25) is 0 Å². The number of nitrogens with one attached hydrogen (secondary N) is 1. The molecule has 1 N–H and O–H groups in total. The molecule has 0 saturated heterocycles. The first-order valence-electron chi connectivity index (χ1n) is 3.44. The molecule has 0 bridgehead atoms. The third-order valence-electron chi connectivity index (χ3n) is 1.20. The Morgan fingerprint density at radius 1 is 1.50 bits per heavy atom. The van der Waals surface area contributed by atoms with Gasteiger partial charge in [-0.05, 0) is 0 Å². The molecular weight excluding hydrogens is 178 g/mol. The molecule has 1 aromatic heterocycles. The molecule has 1 rings (SSSR count). The highest BCUT2D eigenvalue weighted by Crippen LogP contribution is 1.91. The predicted octanol–water partition coefficient (Wildman–Crippen LogP) is 0.445. The van der Waals surface area contributed by atoms with Crippen molar-refractivity contribution < 1.29 is 4.79 Å². The second-order valence-electron chi connectivity index (χ2n) is 2.07. The standard InChI is InChI=1S/C7H8ClN3O/c8-1-2-11-7(12)6-3-9-5-10-4-6/h3-5H,1-2H2,(H,11,12). The average molecular weight is 186 g/mol. The molecule has 0 aliphatic heterocycles. The smallest absolute Gasteiger partial charge is 0.254 e. The van der Waals surface area contributed by atoms with Gasteiger partial charge in [0.1, 0.15) is 6.33 Å². The second-order valence-corrected chi connectivity index (χ2v) is 2.45. The molecule has 4 nitrogen and oxygen atoms in total. The van der Waals surface area contributed by atoms with Gasteiger partial charge in [0.15, 0.2) is 0 Å². The molecule has 0 radical (unpaired) electrons. The van der Waals surface area contributed by atoms with Crippen molar-refractivity contribution in [3.8, 4) is 0 Å². The van der Waals surface area contributed by atoms with E-state index in [1.165, 1.54) is 18.7 Å². The fourth-order valence-corrected chi connectivity index (χ4v) is 0.774. The second kappa shape index (κ2) is 4.66. The van der Waals surface area contributed by atoms with E-state index in [2.05, 4.69) is 15.3 Å². The summed E-state index contributed by atoms with van der Waals surface area (Å²) in [5.41, 5.74) is 0.447. The molecular formula is C7H8ClN3O. The van der Waals surface area contributed by atoms with Gasteiger partial charge in [-0.1, -0.05) is 0 Å². The Morgan fingerprint density at radius 2 is 2.17 bits per heavy atom. The topological polar surface area (TPSA) is 54.9 Å². The van der Waals surface area contributed by atoms with Crippen LogP contribution in [0.2, 0.25) is 0 Å². The number of alkyl halides is 1.